The Kier molecular flexibility index (Phi) is 1.66. The second kappa shape index (κ2) is 2.68. The monoisotopic (exact) mass is 183 g/mol. The molecule has 3 nitrogen and oxygen atoms in total. The van der Waals surface area contributed by atoms with Crippen molar-refractivity contribution in [3.63, 3.8) is 0 Å². The molecule has 0 aromatic heterocycles. The van der Waals surface area contributed by atoms with Gasteiger partial charge >= 0.3 is 6.09 Å². The van der Waals surface area contributed by atoms with Crippen LogP contribution in [0.25, 0.3) is 0 Å². The molecule has 2 aliphatic rings. The van der Waals surface area contributed by atoms with Crippen molar-refractivity contribution in [3.05, 3.63) is 28.8 Å². The van der Waals surface area contributed by atoms with Crippen LogP contribution in [0.15, 0.2) is 18.2 Å². The summed E-state index contributed by atoms with van der Waals surface area (Å²) in [6.07, 6.45) is -0.438. The van der Waals surface area contributed by atoms with Crippen LogP contribution in [0.5, 0.6) is 0 Å². The summed E-state index contributed by atoms with van der Waals surface area (Å²) in [6, 6.07) is 5.33. The maximum Gasteiger partial charge on any atom is 0.411 e. The number of nitrogens with one attached hydrogen (secondary N) is 1. The van der Waals surface area contributed by atoms with Crippen molar-refractivity contribution >= 4 is 23.4 Å². The van der Waals surface area contributed by atoms with Crippen LogP contribution in [-0.2, 0) is 11.3 Å². The van der Waals surface area contributed by atoms with E-state index in [4.69, 9.17) is 16.3 Å². The third kappa shape index (κ3) is 1.23. The molecule has 2 aliphatic heterocycles. The smallest absolute Gasteiger partial charge is 0.411 e. The maximum absolute atomic E-state index is 10.9. The molecule has 2 heterocycles. The van der Waals surface area contributed by atoms with E-state index in [2.05, 4.69) is 5.32 Å². The van der Waals surface area contributed by atoms with Gasteiger partial charge in [0.15, 0.2) is 0 Å². The molecule has 1 amide bonds. The van der Waals surface area contributed by atoms with Crippen LogP contribution in [0.2, 0.25) is 5.02 Å². The Bertz CT molecular complexity index is 338. The van der Waals surface area contributed by atoms with Crippen molar-refractivity contribution in [3.8, 4) is 0 Å². The Morgan fingerprint density at radius 2 is 2.33 bits per heavy atom. The zero-order chi connectivity index (χ0) is 8.55. The molecule has 0 radical (unpaired) electrons. The van der Waals surface area contributed by atoms with Gasteiger partial charge in [0.1, 0.15) is 6.61 Å². The molecular formula is C8H6ClNO2. The summed E-state index contributed by atoms with van der Waals surface area (Å²) in [7, 11) is 0. The minimum absolute atomic E-state index is 0.227. The van der Waals surface area contributed by atoms with Gasteiger partial charge in [0.25, 0.3) is 0 Å². The number of hydrogen-bond acceptors (Lipinski definition) is 2. The highest BCUT2D eigenvalue weighted by Crippen LogP contribution is 2.23. The first-order valence-corrected chi connectivity index (χ1v) is 3.86. The van der Waals surface area contributed by atoms with Crippen molar-refractivity contribution in [1.29, 1.82) is 0 Å². The van der Waals surface area contributed by atoms with Crippen LogP contribution in [0.4, 0.5) is 10.5 Å². The van der Waals surface area contributed by atoms with Gasteiger partial charge in [-0.1, -0.05) is 17.7 Å². The molecule has 1 N–H and O–H groups in total. The van der Waals surface area contributed by atoms with E-state index in [9.17, 15) is 4.79 Å². The third-order valence-corrected chi connectivity index (χ3v) is 2.01. The minimum Gasteiger partial charge on any atom is -0.444 e. The Morgan fingerprint density at radius 1 is 1.50 bits per heavy atom. The van der Waals surface area contributed by atoms with Crippen LogP contribution >= 0.6 is 11.6 Å². The molecule has 0 fully saturated rings. The highest BCUT2D eigenvalue weighted by atomic mass is 35.5. The number of halogens is 1. The number of rotatable bonds is 0. The molecule has 1 aromatic rings. The molecule has 12 heavy (non-hydrogen) atoms. The summed E-state index contributed by atoms with van der Waals surface area (Å²) in [4.78, 5) is 10.9. The molecule has 0 saturated carbocycles. The number of carbonyl (C=O) groups is 1. The highest BCUT2D eigenvalue weighted by molar-refractivity contribution is 6.31. The van der Waals surface area contributed by atoms with Gasteiger partial charge < -0.3 is 4.74 Å². The van der Waals surface area contributed by atoms with Crippen LogP contribution < -0.4 is 5.32 Å². The summed E-state index contributed by atoms with van der Waals surface area (Å²) < 4.78 is 4.80. The molecule has 3 rings (SSSR count). The van der Waals surface area contributed by atoms with Gasteiger partial charge in [-0.05, 0) is 12.1 Å². The van der Waals surface area contributed by atoms with Crippen molar-refractivity contribution in [2.24, 2.45) is 0 Å². The maximum atomic E-state index is 10.9. The molecule has 0 unspecified atom stereocenters. The molecular weight excluding hydrogens is 178 g/mol. The predicted molar refractivity (Wildman–Crippen MR) is 45.3 cm³/mol. The van der Waals surface area contributed by atoms with E-state index in [-0.39, 0.29) is 6.61 Å². The number of benzene rings is 1. The fourth-order valence-electron chi connectivity index (χ4n) is 1.04. The third-order valence-electron chi connectivity index (χ3n) is 1.66. The first-order valence-electron chi connectivity index (χ1n) is 3.48. The lowest BCUT2D eigenvalue weighted by molar-refractivity contribution is 0.154. The molecule has 62 valence electrons. The highest BCUT2D eigenvalue weighted by Gasteiger charge is 2.11. The summed E-state index contributed by atoms with van der Waals surface area (Å²) in [5, 5.41) is 3.15. The first kappa shape index (κ1) is 7.43. The van der Waals surface area contributed by atoms with Crippen molar-refractivity contribution in [1.82, 2.24) is 0 Å². The van der Waals surface area contributed by atoms with E-state index < -0.39 is 6.09 Å². The predicted octanol–water partition coefficient (Wildman–Crippen LogP) is 2.40. The van der Waals surface area contributed by atoms with Crippen molar-refractivity contribution in [2.75, 3.05) is 5.32 Å². The second-order valence-electron chi connectivity index (χ2n) is 2.51. The summed E-state index contributed by atoms with van der Waals surface area (Å²) in [5.74, 6) is 0. The first-order chi connectivity index (χ1) is 5.75. The molecule has 0 spiro atoms. The van der Waals surface area contributed by atoms with E-state index in [0.717, 1.165) is 5.56 Å². The van der Waals surface area contributed by atoms with Gasteiger partial charge in [0, 0.05) is 16.3 Å². The number of amides is 1. The quantitative estimate of drug-likeness (QED) is 0.671. The fraction of sp³-hybridized carbons (Fsp3) is 0.125. The van der Waals surface area contributed by atoms with E-state index in [0.29, 0.717) is 10.7 Å². The minimum atomic E-state index is -0.438. The molecule has 0 aliphatic carbocycles. The van der Waals surface area contributed by atoms with Crippen molar-refractivity contribution in [2.45, 2.75) is 6.61 Å². The normalized spacial score (nSPS) is 14.6. The SMILES string of the molecule is O=C1Nc2ccc(c(Cl)c2)CO1. The number of anilines is 1. The standard InChI is InChI=1S/C8H6ClNO2/c9-7-3-6-2-1-5(7)4-12-8(11)10-6/h1-3H,4H2,(H,10,11). The number of fused-ring (bicyclic) bond motifs is 5. The van der Waals surface area contributed by atoms with E-state index >= 15 is 0 Å². The molecule has 4 heteroatoms. The van der Waals surface area contributed by atoms with Crippen LogP contribution in [0, 0.1) is 0 Å². The van der Waals surface area contributed by atoms with E-state index in [1.807, 2.05) is 6.07 Å². The zero-order valence-corrected chi connectivity index (χ0v) is 6.89. The molecule has 2 bridgehead atoms. The van der Waals surface area contributed by atoms with Gasteiger partial charge in [0.2, 0.25) is 0 Å². The Morgan fingerprint density at radius 3 is 3.08 bits per heavy atom. The average molecular weight is 184 g/mol. The number of ether oxygens (including phenoxy) is 1. The Hall–Kier alpha value is -1.22. The number of carbonyl (C=O) groups excluding carboxylic acids is 1. The Labute approximate surface area is 74.3 Å². The van der Waals surface area contributed by atoms with Gasteiger partial charge in [-0.15, -0.1) is 0 Å². The van der Waals surface area contributed by atoms with Crippen molar-refractivity contribution < 1.29 is 9.53 Å². The molecule has 1 aromatic carbocycles. The van der Waals surface area contributed by atoms with E-state index in [1.54, 1.807) is 12.1 Å². The zero-order valence-electron chi connectivity index (χ0n) is 6.13. The van der Waals surface area contributed by atoms with Crippen LogP contribution in [-0.4, -0.2) is 6.09 Å². The van der Waals surface area contributed by atoms with Gasteiger partial charge in [-0.3, -0.25) is 5.32 Å². The molecule has 0 atom stereocenters. The average Bonchev–Trinajstić information content (AvgIpc) is 1.99. The fourth-order valence-corrected chi connectivity index (χ4v) is 1.27. The lowest BCUT2D eigenvalue weighted by atomic mass is 10.2. The summed E-state index contributed by atoms with van der Waals surface area (Å²) >= 11 is 5.86. The summed E-state index contributed by atoms with van der Waals surface area (Å²) in [6.45, 7) is 0.227. The topological polar surface area (TPSA) is 38.3 Å². The molecule has 0 saturated heterocycles. The second-order valence-corrected chi connectivity index (χ2v) is 2.91. The largest absolute Gasteiger partial charge is 0.444 e. The van der Waals surface area contributed by atoms with E-state index in [1.165, 1.54) is 0 Å². The van der Waals surface area contributed by atoms with Crippen LogP contribution in [0.1, 0.15) is 5.56 Å². The lowest BCUT2D eigenvalue weighted by Gasteiger charge is -2.13. The van der Waals surface area contributed by atoms with Crippen LogP contribution in [0.3, 0.4) is 0 Å². The Balaban J connectivity index is 2.49. The van der Waals surface area contributed by atoms with Gasteiger partial charge in [-0.2, -0.15) is 0 Å². The van der Waals surface area contributed by atoms with Gasteiger partial charge in [-0.25, -0.2) is 4.79 Å². The summed E-state index contributed by atoms with van der Waals surface area (Å²) in [5.41, 5.74) is 1.49. The number of hydrogen-bond donors (Lipinski definition) is 1. The lowest BCUT2D eigenvalue weighted by Crippen LogP contribution is -2.16. The van der Waals surface area contributed by atoms with Gasteiger partial charge in [0.05, 0.1) is 0 Å².